The van der Waals surface area contributed by atoms with Gasteiger partial charge in [-0.1, -0.05) is 31.5 Å². The number of hydrogen-bond acceptors (Lipinski definition) is 7. The van der Waals surface area contributed by atoms with Gasteiger partial charge in [-0.25, -0.2) is 9.97 Å². The lowest BCUT2D eigenvalue weighted by atomic mass is 10.1. The summed E-state index contributed by atoms with van der Waals surface area (Å²) < 4.78 is 0. The smallest absolute Gasteiger partial charge is 0.255 e. The second-order valence-electron chi connectivity index (χ2n) is 10.6. The number of hydrogen-bond donors (Lipinski definition) is 2. The van der Waals surface area contributed by atoms with Crippen molar-refractivity contribution in [3.8, 4) is 11.3 Å². The minimum absolute atomic E-state index is 0.176. The van der Waals surface area contributed by atoms with Crippen LogP contribution in [-0.2, 0) is 11.3 Å². The average Bonchev–Trinajstić information content (AvgIpc) is 3.03. The summed E-state index contributed by atoms with van der Waals surface area (Å²) in [5, 5.41) is 6.28. The lowest BCUT2D eigenvalue weighted by molar-refractivity contribution is -0.133. The fraction of sp³-hybridized carbons (Fsp3) is 0.303. The maximum absolute atomic E-state index is 13.0. The van der Waals surface area contributed by atoms with E-state index in [-0.39, 0.29) is 11.8 Å². The summed E-state index contributed by atoms with van der Waals surface area (Å²) in [7, 11) is 0. The first-order valence-electron chi connectivity index (χ1n) is 14.5. The Labute approximate surface area is 247 Å². The Bertz CT molecular complexity index is 1500. The lowest BCUT2D eigenvalue weighted by Gasteiger charge is -2.34. The van der Waals surface area contributed by atoms with Gasteiger partial charge in [0.15, 0.2) is 0 Å². The van der Waals surface area contributed by atoms with E-state index in [9.17, 15) is 9.59 Å². The Morgan fingerprint density at radius 3 is 2.50 bits per heavy atom. The van der Waals surface area contributed by atoms with Gasteiger partial charge < -0.3 is 15.5 Å². The molecule has 5 rings (SSSR count). The topological polar surface area (TPSA) is 103 Å². The van der Waals surface area contributed by atoms with Crippen LogP contribution < -0.4 is 10.6 Å². The number of benzene rings is 2. The molecule has 0 bridgehead atoms. The first-order chi connectivity index (χ1) is 20.5. The zero-order chi connectivity index (χ0) is 29.3. The Hall–Kier alpha value is -4.63. The molecule has 3 heterocycles. The normalized spacial score (nSPS) is 13.5. The standard InChI is InChI=1S/C33H37N7O2/c1-3-4-7-31(41)40-19-17-39(18-20-40)23-25-9-11-26(12-10-25)32(42)36-28-13-8-24(2)30(21-28)38-33-35-16-14-29(37-33)27-6-5-15-34-22-27/h5-6,8-16,21-22H,3-4,7,17-20,23H2,1-2H3,(H,36,42)(H,35,37,38). The van der Waals surface area contributed by atoms with Gasteiger partial charge >= 0.3 is 0 Å². The Balaban J connectivity index is 1.16. The van der Waals surface area contributed by atoms with Gasteiger partial charge in [0.05, 0.1) is 5.69 Å². The quantitative estimate of drug-likeness (QED) is 0.256. The summed E-state index contributed by atoms with van der Waals surface area (Å²) in [4.78, 5) is 42.8. The Kier molecular flexibility index (Phi) is 9.51. The second kappa shape index (κ2) is 13.8. The van der Waals surface area contributed by atoms with E-state index >= 15 is 0 Å². The molecule has 216 valence electrons. The van der Waals surface area contributed by atoms with E-state index < -0.39 is 0 Å². The van der Waals surface area contributed by atoms with E-state index in [1.807, 2.05) is 72.5 Å². The molecule has 2 N–H and O–H groups in total. The van der Waals surface area contributed by atoms with Gasteiger partial charge in [-0.3, -0.25) is 19.5 Å². The van der Waals surface area contributed by atoms with Crippen LogP contribution in [0, 0.1) is 6.92 Å². The molecular weight excluding hydrogens is 526 g/mol. The monoisotopic (exact) mass is 563 g/mol. The summed E-state index contributed by atoms with van der Waals surface area (Å²) in [6.07, 6.45) is 7.84. The van der Waals surface area contributed by atoms with Crippen LogP contribution in [0.25, 0.3) is 11.3 Å². The van der Waals surface area contributed by atoms with E-state index in [1.54, 1.807) is 18.6 Å². The number of nitrogens with one attached hydrogen (secondary N) is 2. The molecule has 1 aliphatic heterocycles. The first kappa shape index (κ1) is 28.9. The van der Waals surface area contributed by atoms with Gasteiger partial charge in [0.2, 0.25) is 11.9 Å². The van der Waals surface area contributed by atoms with Crippen molar-refractivity contribution in [1.29, 1.82) is 0 Å². The van der Waals surface area contributed by atoms with Crippen LogP contribution in [0.1, 0.15) is 47.7 Å². The Morgan fingerprint density at radius 2 is 1.76 bits per heavy atom. The van der Waals surface area contributed by atoms with Crippen molar-refractivity contribution in [2.75, 3.05) is 36.8 Å². The third-order valence-electron chi connectivity index (χ3n) is 7.45. The second-order valence-corrected chi connectivity index (χ2v) is 10.6. The molecule has 0 spiro atoms. The number of aryl methyl sites for hydroxylation is 1. The fourth-order valence-corrected chi connectivity index (χ4v) is 4.91. The molecule has 2 aromatic heterocycles. The minimum atomic E-state index is -0.176. The third kappa shape index (κ3) is 7.55. The van der Waals surface area contributed by atoms with E-state index in [2.05, 4.69) is 37.4 Å². The highest BCUT2D eigenvalue weighted by Crippen LogP contribution is 2.25. The molecule has 9 nitrogen and oxygen atoms in total. The highest BCUT2D eigenvalue weighted by atomic mass is 16.2. The lowest BCUT2D eigenvalue weighted by Crippen LogP contribution is -2.48. The van der Waals surface area contributed by atoms with E-state index in [0.717, 1.165) is 73.6 Å². The summed E-state index contributed by atoms with van der Waals surface area (Å²) >= 11 is 0. The molecule has 0 atom stereocenters. The van der Waals surface area contributed by atoms with Crippen molar-refractivity contribution >= 4 is 29.1 Å². The summed E-state index contributed by atoms with van der Waals surface area (Å²) in [6, 6.07) is 19.1. The average molecular weight is 564 g/mol. The van der Waals surface area contributed by atoms with Gasteiger partial charge in [-0.15, -0.1) is 0 Å². The number of carbonyl (C=O) groups is 2. The fourth-order valence-electron chi connectivity index (χ4n) is 4.91. The Morgan fingerprint density at radius 1 is 0.952 bits per heavy atom. The number of carbonyl (C=O) groups excluding carboxylic acids is 2. The predicted octanol–water partition coefficient (Wildman–Crippen LogP) is 5.68. The van der Waals surface area contributed by atoms with Crippen molar-refractivity contribution in [3.05, 3.63) is 95.9 Å². The highest BCUT2D eigenvalue weighted by molar-refractivity contribution is 6.04. The van der Waals surface area contributed by atoms with Crippen LogP contribution in [0.5, 0.6) is 0 Å². The van der Waals surface area contributed by atoms with E-state index in [1.165, 1.54) is 0 Å². The van der Waals surface area contributed by atoms with Crippen molar-refractivity contribution < 1.29 is 9.59 Å². The van der Waals surface area contributed by atoms with Gasteiger partial charge in [-0.05, 0) is 66.9 Å². The third-order valence-corrected chi connectivity index (χ3v) is 7.45. The molecule has 2 aromatic carbocycles. The first-order valence-corrected chi connectivity index (χ1v) is 14.5. The van der Waals surface area contributed by atoms with Crippen molar-refractivity contribution in [3.63, 3.8) is 0 Å². The number of anilines is 3. The van der Waals surface area contributed by atoms with Gasteiger partial charge in [0, 0.05) is 80.2 Å². The van der Waals surface area contributed by atoms with Gasteiger partial charge in [0.1, 0.15) is 0 Å². The molecular formula is C33H37N7O2. The van der Waals surface area contributed by atoms with Crippen LogP contribution in [0.4, 0.5) is 17.3 Å². The summed E-state index contributed by atoms with van der Waals surface area (Å²) in [5.74, 6) is 0.556. The number of piperazine rings is 1. The molecule has 0 aliphatic carbocycles. The molecule has 0 radical (unpaired) electrons. The summed E-state index contributed by atoms with van der Waals surface area (Å²) in [5.41, 5.74) is 5.89. The van der Waals surface area contributed by atoms with Crippen LogP contribution >= 0.6 is 0 Å². The van der Waals surface area contributed by atoms with Crippen molar-refractivity contribution in [2.45, 2.75) is 39.7 Å². The zero-order valence-corrected chi connectivity index (χ0v) is 24.2. The largest absolute Gasteiger partial charge is 0.340 e. The zero-order valence-electron chi connectivity index (χ0n) is 24.2. The summed E-state index contributed by atoms with van der Waals surface area (Å²) in [6.45, 7) is 8.18. The van der Waals surface area contributed by atoms with E-state index in [0.29, 0.717) is 23.6 Å². The molecule has 0 saturated carbocycles. The SMILES string of the molecule is CCCCC(=O)N1CCN(Cc2ccc(C(=O)Nc3ccc(C)c(Nc4nccc(-c5cccnc5)n4)c3)cc2)CC1. The number of rotatable bonds is 10. The number of amides is 2. The van der Waals surface area contributed by atoms with Gasteiger partial charge in [0.25, 0.3) is 5.91 Å². The number of nitrogens with zero attached hydrogens (tertiary/aromatic N) is 5. The molecule has 2 amide bonds. The van der Waals surface area contributed by atoms with Crippen molar-refractivity contribution in [1.82, 2.24) is 24.8 Å². The highest BCUT2D eigenvalue weighted by Gasteiger charge is 2.20. The molecule has 1 aliphatic rings. The molecule has 9 heteroatoms. The predicted molar refractivity (Wildman–Crippen MR) is 166 cm³/mol. The number of pyridine rings is 1. The van der Waals surface area contributed by atoms with Crippen LogP contribution in [0.15, 0.2) is 79.3 Å². The minimum Gasteiger partial charge on any atom is -0.340 e. The van der Waals surface area contributed by atoms with Gasteiger partial charge in [-0.2, -0.15) is 0 Å². The molecule has 1 saturated heterocycles. The van der Waals surface area contributed by atoms with E-state index in [4.69, 9.17) is 0 Å². The van der Waals surface area contributed by atoms with Crippen LogP contribution in [0.2, 0.25) is 0 Å². The molecule has 1 fully saturated rings. The van der Waals surface area contributed by atoms with Crippen LogP contribution in [-0.4, -0.2) is 62.7 Å². The molecule has 0 unspecified atom stereocenters. The maximum atomic E-state index is 13.0. The molecule has 4 aromatic rings. The maximum Gasteiger partial charge on any atom is 0.255 e. The number of aromatic nitrogens is 3. The van der Waals surface area contributed by atoms with Crippen LogP contribution in [0.3, 0.4) is 0 Å². The number of unbranched alkanes of at least 4 members (excludes halogenated alkanes) is 1. The van der Waals surface area contributed by atoms with Crippen molar-refractivity contribution in [2.24, 2.45) is 0 Å². The molecule has 42 heavy (non-hydrogen) atoms.